The molecule has 33 heavy (non-hydrogen) atoms. The molecule has 9 nitrogen and oxygen atoms in total. The number of carbonyl (C=O) groups is 1. The molecule has 0 aliphatic heterocycles. The van der Waals surface area contributed by atoms with Crippen LogP contribution in [0.5, 0.6) is 0 Å². The SMILES string of the molecule is Cc1cc(-c2cnn(C)c2)ncc1-c1cc2cc(NC(=O)[C@H]3C[C@@H]3CC#N)ncc2c(N)n1. The number of rotatable bonds is 5. The molecule has 1 saturated carbocycles. The third-order valence-electron chi connectivity index (χ3n) is 6.00. The Morgan fingerprint density at radius 2 is 2.09 bits per heavy atom. The number of pyridine rings is 3. The van der Waals surface area contributed by atoms with Gasteiger partial charge >= 0.3 is 0 Å². The van der Waals surface area contributed by atoms with Crippen molar-refractivity contribution >= 4 is 28.3 Å². The first-order valence-electron chi connectivity index (χ1n) is 10.6. The topological polar surface area (TPSA) is 135 Å². The van der Waals surface area contributed by atoms with Gasteiger partial charge in [0.25, 0.3) is 0 Å². The number of nitriles is 1. The van der Waals surface area contributed by atoms with Crippen molar-refractivity contribution in [2.45, 2.75) is 19.8 Å². The number of aryl methyl sites for hydroxylation is 2. The molecule has 1 aliphatic rings. The minimum Gasteiger partial charge on any atom is -0.383 e. The summed E-state index contributed by atoms with van der Waals surface area (Å²) in [6.07, 6.45) is 8.25. The largest absolute Gasteiger partial charge is 0.383 e. The van der Waals surface area contributed by atoms with E-state index in [1.807, 2.05) is 32.3 Å². The molecule has 4 heterocycles. The third-order valence-corrected chi connectivity index (χ3v) is 6.00. The van der Waals surface area contributed by atoms with Gasteiger partial charge in [-0.3, -0.25) is 14.5 Å². The number of nitrogens with zero attached hydrogens (tertiary/aromatic N) is 6. The van der Waals surface area contributed by atoms with Crippen LogP contribution in [-0.2, 0) is 11.8 Å². The molecule has 4 aromatic rings. The summed E-state index contributed by atoms with van der Waals surface area (Å²) < 4.78 is 1.74. The number of fused-ring (bicyclic) bond motifs is 1. The number of nitrogens with two attached hydrogens (primary N) is 1. The molecular weight excluding hydrogens is 416 g/mol. The minimum absolute atomic E-state index is 0.101. The lowest BCUT2D eigenvalue weighted by Gasteiger charge is -2.11. The second kappa shape index (κ2) is 7.98. The highest BCUT2D eigenvalue weighted by Gasteiger charge is 2.42. The van der Waals surface area contributed by atoms with Gasteiger partial charge < -0.3 is 11.1 Å². The summed E-state index contributed by atoms with van der Waals surface area (Å²) in [6, 6.07) is 7.84. The number of aromatic nitrogens is 5. The van der Waals surface area contributed by atoms with Crippen LogP contribution in [0.3, 0.4) is 0 Å². The molecule has 0 unspecified atom stereocenters. The highest BCUT2D eigenvalue weighted by Crippen LogP contribution is 2.41. The molecule has 164 valence electrons. The number of anilines is 2. The fourth-order valence-electron chi connectivity index (χ4n) is 4.05. The van der Waals surface area contributed by atoms with Crippen LogP contribution in [0.15, 0.2) is 43.0 Å². The molecule has 0 bridgehead atoms. The zero-order valence-corrected chi connectivity index (χ0v) is 18.3. The number of nitrogen functional groups attached to an aromatic ring is 1. The van der Waals surface area contributed by atoms with E-state index < -0.39 is 0 Å². The van der Waals surface area contributed by atoms with Gasteiger partial charge in [-0.15, -0.1) is 0 Å². The average molecular weight is 438 g/mol. The number of hydrogen-bond acceptors (Lipinski definition) is 7. The lowest BCUT2D eigenvalue weighted by molar-refractivity contribution is -0.117. The molecule has 0 radical (unpaired) electrons. The van der Waals surface area contributed by atoms with Crippen LogP contribution in [0.25, 0.3) is 33.3 Å². The summed E-state index contributed by atoms with van der Waals surface area (Å²) in [5, 5.41) is 17.4. The van der Waals surface area contributed by atoms with Gasteiger partial charge in [-0.1, -0.05) is 0 Å². The molecule has 4 aromatic heterocycles. The van der Waals surface area contributed by atoms with E-state index in [9.17, 15) is 4.79 Å². The van der Waals surface area contributed by atoms with Gasteiger partial charge in [-0.2, -0.15) is 10.4 Å². The lowest BCUT2D eigenvalue weighted by Crippen LogP contribution is -2.15. The normalized spacial score (nSPS) is 17.0. The zero-order valence-electron chi connectivity index (χ0n) is 18.3. The highest BCUT2D eigenvalue weighted by atomic mass is 16.2. The standard InChI is InChI=1S/C24H22N8O/c1-13-5-20(16-9-29-32(2)12-16)27-10-18(13)21-7-15-8-22(28-11-19(15)23(26)30-21)31-24(33)17-6-14(17)3-4-25/h5,7-12,14,17H,3,6H2,1-2H3,(H2,26,30)(H,28,31,33)/t14-,17-/m0/s1. The first kappa shape index (κ1) is 20.6. The van der Waals surface area contributed by atoms with Crippen LogP contribution < -0.4 is 11.1 Å². The Morgan fingerprint density at radius 3 is 2.82 bits per heavy atom. The third kappa shape index (κ3) is 3.99. The Labute approximate surface area is 190 Å². The lowest BCUT2D eigenvalue weighted by atomic mass is 10.0. The maximum Gasteiger partial charge on any atom is 0.228 e. The predicted molar refractivity (Wildman–Crippen MR) is 125 cm³/mol. The molecule has 0 aromatic carbocycles. The van der Waals surface area contributed by atoms with E-state index in [-0.39, 0.29) is 17.7 Å². The van der Waals surface area contributed by atoms with E-state index >= 15 is 0 Å². The van der Waals surface area contributed by atoms with Crippen molar-refractivity contribution in [2.24, 2.45) is 18.9 Å². The number of amides is 1. The van der Waals surface area contributed by atoms with E-state index in [0.29, 0.717) is 29.1 Å². The van der Waals surface area contributed by atoms with Gasteiger partial charge in [0.1, 0.15) is 11.6 Å². The maximum absolute atomic E-state index is 12.4. The van der Waals surface area contributed by atoms with Crippen LogP contribution in [-0.4, -0.2) is 30.6 Å². The van der Waals surface area contributed by atoms with Gasteiger partial charge in [0.05, 0.1) is 23.7 Å². The van der Waals surface area contributed by atoms with E-state index in [4.69, 9.17) is 11.0 Å². The van der Waals surface area contributed by atoms with Gasteiger partial charge in [-0.05, 0) is 48.4 Å². The van der Waals surface area contributed by atoms with Gasteiger partial charge in [0.15, 0.2) is 0 Å². The van der Waals surface area contributed by atoms with E-state index in [2.05, 4.69) is 31.4 Å². The Hall–Kier alpha value is -4.32. The Bertz CT molecular complexity index is 1430. The molecule has 2 atom stereocenters. The van der Waals surface area contributed by atoms with Crippen molar-refractivity contribution in [3.63, 3.8) is 0 Å². The van der Waals surface area contributed by atoms with Crippen LogP contribution in [0, 0.1) is 30.1 Å². The summed E-state index contributed by atoms with van der Waals surface area (Å²) in [4.78, 5) is 25.9. The summed E-state index contributed by atoms with van der Waals surface area (Å²) >= 11 is 0. The molecule has 3 N–H and O–H groups in total. The summed E-state index contributed by atoms with van der Waals surface area (Å²) in [5.41, 5.74) is 10.6. The first-order chi connectivity index (χ1) is 15.9. The first-order valence-corrected chi connectivity index (χ1v) is 10.6. The van der Waals surface area contributed by atoms with Gasteiger partial charge in [0, 0.05) is 54.5 Å². The Balaban J connectivity index is 1.44. The van der Waals surface area contributed by atoms with Crippen molar-refractivity contribution in [3.05, 3.63) is 48.5 Å². The smallest absolute Gasteiger partial charge is 0.228 e. The molecule has 5 rings (SSSR count). The van der Waals surface area contributed by atoms with E-state index in [1.54, 1.807) is 29.3 Å². The molecule has 1 fully saturated rings. The molecule has 0 saturated heterocycles. The average Bonchev–Trinajstić information content (AvgIpc) is 3.43. The van der Waals surface area contributed by atoms with Gasteiger partial charge in [-0.25, -0.2) is 9.97 Å². The monoisotopic (exact) mass is 438 g/mol. The van der Waals surface area contributed by atoms with Crippen molar-refractivity contribution in [3.8, 4) is 28.6 Å². The minimum atomic E-state index is -0.118. The predicted octanol–water partition coefficient (Wildman–Crippen LogP) is 3.47. The van der Waals surface area contributed by atoms with Crippen molar-refractivity contribution in [1.29, 1.82) is 5.26 Å². The molecular formula is C24H22N8O. The van der Waals surface area contributed by atoms with Crippen molar-refractivity contribution in [1.82, 2.24) is 24.7 Å². The summed E-state index contributed by atoms with van der Waals surface area (Å²) in [5.74, 6) is 0.739. The number of carbonyl (C=O) groups excluding carboxylic acids is 1. The second-order valence-electron chi connectivity index (χ2n) is 8.42. The quantitative estimate of drug-likeness (QED) is 0.487. The maximum atomic E-state index is 12.4. The Morgan fingerprint density at radius 1 is 1.24 bits per heavy atom. The number of hydrogen-bond donors (Lipinski definition) is 2. The van der Waals surface area contributed by atoms with Crippen LogP contribution >= 0.6 is 0 Å². The second-order valence-corrected chi connectivity index (χ2v) is 8.42. The fourth-order valence-corrected chi connectivity index (χ4v) is 4.05. The van der Waals surface area contributed by atoms with Crippen LogP contribution in [0.4, 0.5) is 11.6 Å². The van der Waals surface area contributed by atoms with Crippen LogP contribution in [0.1, 0.15) is 18.4 Å². The summed E-state index contributed by atoms with van der Waals surface area (Å²) in [7, 11) is 1.87. The highest BCUT2D eigenvalue weighted by molar-refractivity contribution is 5.98. The van der Waals surface area contributed by atoms with E-state index in [1.165, 1.54) is 0 Å². The molecule has 9 heteroatoms. The van der Waals surface area contributed by atoms with Crippen LogP contribution in [0.2, 0.25) is 0 Å². The summed E-state index contributed by atoms with van der Waals surface area (Å²) in [6.45, 7) is 2.00. The van der Waals surface area contributed by atoms with Gasteiger partial charge in [0.2, 0.25) is 5.91 Å². The van der Waals surface area contributed by atoms with Crippen molar-refractivity contribution < 1.29 is 4.79 Å². The number of nitrogens with one attached hydrogen (secondary N) is 1. The Kier molecular flexibility index (Phi) is 4.98. The zero-order chi connectivity index (χ0) is 23.1. The molecule has 1 aliphatic carbocycles. The van der Waals surface area contributed by atoms with Crippen molar-refractivity contribution in [2.75, 3.05) is 11.1 Å². The fraction of sp³-hybridized carbons (Fsp3) is 0.250. The van der Waals surface area contributed by atoms with E-state index in [0.717, 1.165) is 34.2 Å². The molecule has 0 spiro atoms. The molecule has 1 amide bonds.